The number of hydrogen-bond donors (Lipinski definition) is 1. The van der Waals surface area contributed by atoms with E-state index in [4.69, 9.17) is 11.0 Å². The van der Waals surface area contributed by atoms with Gasteiger partial charge in [0.25, 0.3) is 0 Å². The van der Waals surface area contributed by atoms with Crippen LogP contribution in [0.3, 0.4) is 0 Å². The van der Waals surface area contributed by atoms with Crippen molar-refractivity contribution in [2.75, 3.05) is 0 Å². The molecule has 0 aliphatic carbocycles. The van der Waals surface area contributed by atoms with Crippen molar-refractivity contribution < 1.29 is 0 Å². The lowest BCUT2D eigenvalue weighted by molar-refractivity contribution is 1.07. The van der Waals surface area contributed by atoms with Crippen molar-refractivity contribution in [2.45, 2.75) is 26.2 Å². The van der Waals surface area contributed by atoms with E-state index >= 15 is 0 Å². The molecule has 3 heteroatoms. The largest absolute Gasteiger partial charge is 0.326 e. The fourth-order valence-corrected chi connectivity index (χ4v) is 2.51. The molecular weight excluding hydrogens is 188 g/mol. The predicted octanol–water partition coefficient (Wildman–Crippen LogP) is 1.56. The number of rotatable bonds is 2. The molecule has 0 bridgehead atoms. The molecule has 1 aromatic rings. The number of nitriles is 1. The number of benzene rings is 1. The Bertz CT molecular complexity index is 372. The van der Waals surface area contributed by atoms with Crippen LogP contribution in [0.1, 0.15) is 11.1 Å². The molecule has 0 atom stereocenters. The summed E-state index contributed by atoms with van der Waals surface area (Å²) in [5, 5.41) is 10.2. The van der Waals surface area contributed by atoms with Crippen molar-refractivity contribution in [2.24, 2.45) is 5.73 Å². The first-order chi connectivity index (χ1) is 6.47. The normalized spacial score (nSPS) is 11.1. The fourth-order valence-electron chi connectivity index (χ4n) is 1.31. The molecule has 0 saturated carbocycles. The van der Waals surface area contributed by atoms with Crippen molar-refractivity contribution in [1.29, 1.82) is 5.26 Å². The van der Waals surface area contributed by atoms with Crippen LogP contribution < -0.4 is 10.9 Å². The van der Waals surface area contributed by atoms with Crippen LogP contribution in [0.2, 0.25) is 19.6 Å². The maximum absolute atomic E-state index is 8.87. The van der Waals surface area contributed by atoms with Crippen LogP contribution in [0.5, 0.6) is 0 Å². The van der Waals surface area contributed by atoms with Gasteiger partial charge in [0.2, 0.25) is 0 Å². The van der Waals surface area contributed by atoms with E-state index in [1.54, 1.807) is 0 Å². The Morgan fingerprint density at radius 1 is 1.29 bits per heavy atom. The minimum Gasteiger partial charge on any atom is -0.326 e. The van der Waals surface area contributed by atoms with Gasteiger partial charge in [0, 0.05) is 6.54 Å². The molecule has 0 radical (unpaired) electrons. The second kappa shape index (κ2) is 3.95. The molecule has 0 saturated heterocycles. The number of hydrogen-bond acceptors (Lipinski definition) is 2. The standard InChI is InChI=1S/C11H16N2Si/c1-14(2,3)11-5-9(7-12)4-10(6-11)8-13/h4-6H,7,12H2,1-3H3. The van der Waals surface area contributed by atoms with E-state index in [0.29, 0.717) is 6.54 Å². The number of nitrogens with zero attached hydrogens (tertiary/aromatic N) is 1. The van der Waals surface area contributed by atoms with Crippen LogP contribution in [0, 0.1) is 11.3 Å². The van der Waals surface area contributed by atoms with Gasteiger partial charge in [-0.15, -0.1) is 0 Å². The second-order valence-corrected chi connectivity index (χ2v) is 9.56. The van der Waals surface area contributed by atoms with Crippen LogP contribution in [-0.4, -0.2) is 8.07 Å². The molecular formula is C11H16N2Si. The predicted molar refractivity (Wildman–Crippen MR) is 62.0 cm³/mol. The van der Waals surface area contributed by atoms with Gasteiger partial charge in [-0.2, -0.15) is 5.26 Å². The van der Waals surface area contributed by atoms with Crippen molar-refractivity contribution in [1.82, 2.24) is 0 Å². The zero-order chi connectivity index (χ0) is 10.8. The Balaban J connectivity index is 3.26. The quantitative estimate of drug-likeness (QED) is 0.743. The van der Waals surface area contributed by atoms with Crippen LogP contribution in [-0.2, 0) is 6.54 Å². The van der Waals surface area contributed by atoms with E-state index in [0.717, 1.165) is 11.1 Å². The molecule has 1 rings (SSSR count). The Morgan fingerprint density at radius 2 is 1.93 bits per heavy atom. The Hall–Kier alpha value is -1.11. The molecule has 14 heavy (non-hydrogen) atoms. The third-order valence-corrected chi connectivity index (χ3v) is 4.24. The summed E-state index contributed by atoms with van der Waals surface area (Å²) in [6, 6.07) is 8.17. The molecule has 2 nitrogen and oxygen atoms in total. The topological polar surface area (TPSA) is 49.8 Å². The first-order valence-corrected chi connectivity index (χ1v) is 8.22. The molecule has 2 N–H and O–H groups in total. The highest BCUT2D eigenvalue weighted by Gasteiger charge is 2.17. The van der Waals surface area contributed by atoms with Crippen LogP contribution in [0.25, 0.3) is 0 Å². The van der Waals surface area contributed by atoms with Gasteiger partial charge >= 0.3 is 0 Å². The summed E-state index contributed by atoms with van der Waals surface area (Å²) in [5.41, 5.74) is 7.38. The average Bonchev–Trinajstić information content (AvgIpc) is 2.15. The van der Waals surface area contributed by atoms with E-state index in [-0.39, 0.29) is 0 Å². The average molecular weight is 204 g/mol. The summed E-state index contributed by atoms with van der Waals surface area (Å²) in [7, 11) is -1.34. The summed E-state index contributed by atoms with van der Waals surface area (Å²) >= 11 is 0. The molecule has 0 amide bonds. The molecule has 0 aliphatic rings. The highest BCUT2D eigenvalue weighted by atomic mass is 28.3. The van der Waals surface area contributed by atoms with Crippen molar-refractivity contribution in [3.05, 3.63) is 29.3 Å². The van der Waals surface area contributed by atoms with Gasteiger partial charge in [-0.05, 0) is 17.7 Å². The molecule has 1 aromatic carbocycles. The van der Waals surface area contributed by atoms with E-state index in [9.17, 15) is 0 Å². The lowest BCUT2D eigenvalue weighted by Crippen LogP contribution is -2.38. The molecule has 0 aromatic heterocycles. The van der Waals surface area contributed by atoms with Crippen LogP contribution in [0.4, 0.5) is 0 Å². The molecule has 0 spiro atoms. The Labute approximate surface area is 86.4 Å². The van der Waals surface area contributed by atoms with Gasteiger partial charge in [0.05, 0.1) is 19.7 Å². The van der Waals surface area contributed by atoms with Gasteiger partial charge in [0.1, 0.15) is 0 Å². The Morgan fingerprint density at radius 3 is 2.36 bits per heavy atom. The monoisotopic (exact) mass is 204 g/mol. The third-order valence-electron chi connectivity index (χ3n) is 2.22. The van der Waals surface area contributed by atoms with Gasteiger partial charge in [0.15, 0.2) is 0 Å². The first kappa shape index (κ1) is 11.0. The minimum absolute atomic E-state index is 0.507. The third kappa shape index (κ3) is 2.44. The smallest absolute Gasteiger partial charge is 0.0991 e. The molecule has 74 valence electrons. The van der Waals surface area contributed by atoms with E-state index in [2.05, 4.69) is 31.8 Å². The van der Waals surface area contributed by atoms with Gasteiger partial charge in [-0.3, -0.25) is 0 Å². The molecule has 0 unspecified atom stereocenters. The van der Waals surface area contributed by atoms with E-state index in [1.807, 2.05) is 12.1 Å². The minimum atomic E-state index is -1.34. The highest BCUT2D eigenvalue weighted by Crippen LogP contribution is 2.08. The summed E-state index contributed by atoms with van der Waals surface area (Å²) in [6.45, 7) is 7.31. The van der Waals surface area contributed by atoms with Crippen LogP contribution in [0.15, 0.2) is 18.2 Å². The lowest BCUT2D eigenvalue weighted by atomic mass is 10.1. The zero-order valence-corrected chi connectivity index (χ0v) is 9.96. The SMILES string of the molecule is C[Si](C)(C)c1cc(C#N)cc(CN)c1. The zero-order valence-electron chi connectivity index (χ0n) is 8.96. The van der Waals surface area contributed by atoms with E-state index in [1.165, 1.54) is 5.19 Å². The van der Waals surface area contributed by atoms with Crippen LogP contribution >= 0.6 is 0 Å². The van der Waals surface area contributed by atoms with Crippen molar-refractivity contribution >= 4 is 13.3 Å². The lowest BCUT2D eigenvalue weighted by Gasteiger charge is -2.17. The fraction of sp³-hybridized carbons (Fsp3) is 0.364. The second-order valence-electron chi connectivity index (χ2n) is 4.48. The Kier molecular flexibility index (Phi) is 3.09. The summed E-state index contributed by atoms with van der Waals surface area (Å²) in [6.07, 6.45) is 0. The van der Waals surface area contributed by atoms with Gasteiger partial charge < -0.3 is 5.73 Å². The van der Waals surface area contributed by atoms with Gasteiger partial charge in [-0.1, -0.05) is 30.9 Å². The number of nitrogens with two attached hydrogens (primary N) is 1. The van der Waals surface area contributed by atoms with Gasteiger partial charge in [-0.25, -0.2) is 0 Å². The summed E-state index contributed by atoms with van der Waals surface area (Å²) < 4.78 is 0. The molecule has 0 fully saturated rings. The summed E-state index contributed by atoms with van der Waals surface area (Å²) in [4.78, 5) is 0. The van der Waals surface area contributed by atoms with Crippen molar-refractivity contribution in [3.63, 3.8) is 0 Å². The summed E-state index contributed by atoms with van der Waals surface area (Å²) in [5.74, 6) is 0. The maximum atomic E-state index is 8.87. The molecule has 0 heterocycles. The maximum Gasteiger partial charge on any atom is 0.0991 e. The van der Waals surface area contributed by atoms with E-state index < -0.39 is 8.07 Å². The molecule has 0 aliphatic heterocycles. The first-order valence-electron chi connectivity index (χ1n) is 4.72. The van der Waals surface area contributed by atoms with Crippen molar-refractivity contribution in [3.8, 4) is 6.07 Å². The highest BCUT2D eigenvalue weighted by molar-refractivity contribution is 6.88.